The van der Waals surface area contributed by atoms with E-state index in [1.54, 1.807) is 6.07 Å². The molecule has 0 spiro atoms. The van der Waals surface area contributed by atoms with Crippen molar-refractivity contribution in [1.29, 1.82) is 0 Å². The summed E-state index contributed by atoms with van der Waals surface area (Å²) in [6, 6.07) is 2.76. The van der Waals surface area contributed by atoms with Crippen LogP contribution in [0.15, 0.2) is 12.1 Å². The molecule has 0 saturated carbocycles. The Balaban J connectivity index is 1.97. The molecule has 1 fully saturated rings. The maximum Gasteiger partial charge on any atom is 0.241 e. The van der Waals surface area contributed by atoms with Gasteiger partial charge in [-0.2, -0.15) is 0 Å². The van der Waals surface area contributed by atoms with Gasteiger partial charge in [0.1, 0.15) is 0 Å². The molecule has 1 aromatic rings. The van der Waals surface area contributed by atoms with Gasteiger partial charge in [0.15, 0.2) is 0 Å². The maximum atomic E-state index is 12.3. The van der Waals surface area contributed by atoms with Gasteiger partial charge >= 0.3 is 0 Å². The Hall–Kier alpha value is -0.520. The molecule has 1 saturated heterocycles. The van der Waals surface area contributed by atoms with Crippen LogP contribution in [0.25, 0.3) is 0 Å². The van der Waals surface area contributed by atoms with Crippen LogP contribution in [0.1, 0.15) is 19.8 Å². The molecular formula is C15H19Cl3N2O2. The summed E-state index contributed by atoms with van der Waals surface area (Å²) < 4.78 is 5.59. The van der Waals surface area contributed by atoms with Crippen LogP contribution in [0, 0.1) is 0 Å². The van der Waals surface area contributed by atoms with Crippen LogP contribution in [0.3, 0.4) is 0 Å². The van der Waals surface area contributed by atoms with Gasteiger partial charge in [0.05, 0.1) is 32.9 Å². The van der Waals surface area contributed by atoms with Crippen molar-refractivity contribution in [2.24, 2.45) is 0 Å². The van der Waals surface area contributed by atoms with E-state index in [1.807, 2.05) is 18.9 Å². The predicted octanol–water partition coefficient (Wildman–Crippen LogP) is 4.08. The molecular weight excluding hydrogens is 347 g/mol. The Morgan fingerprint density at radius 2 is 2.05 bits per heavy atom. The van der Waals surface area contributed by atoms with Crippen LogP contribution in [-0.2, 0) is 9.53 Å². The third kappa shape index (κ3) is 4.49. The quantitative estimate of drug-likeness (QED) is 0.799. The fourth-order valence-corrected chi connectivity index (χ4v) is 2.92. The van der Waals surface area contributed by atoms with E-state index in [4.69, 9.17) is 39.5 Å². The number of hydrogen-bond donors (Lipinski definition) is 1. The lowest BCUT2D eigenvalue weighted by molar-refractivity contribution is -0.120. The molecule has 0 aromatic heterocycles. The molecule has 4 nitrogen and oxygen atoms in total. The van der Waals surface area contributed by atoms with Gasteiger partial charge in [-0.3, -0.25) is 9.69 Å². The summed E-state index contributed by atoms with van der Waals surface area (Å²) in [5.41, 5.74) is 0.457. The number of halogens is 3. The third-order valence-corrected chi connectivity index (χ3v) is 4.86. The fraction of sp³-hybridized carbons (Fsp3) is 0.533. The summed E-state index contributed by atoms with van der Waals surface area (Å²) in [7, 11) is 1.91. The van der Waals surface area contributed by atoms with Crippen LogP contribution >= 0.6 is 34.8 Å². The zero-order chi connectivity index (χ0) is 16.3. The van der Waals surface area contributed by atoms with Crippen LogP contribution in [0.2, 0.25) is 15.1 Å². The summed E-state index contributed by atoms with van der Waals surface area (Å²) in [6.45, 7) is 3.37. The second-order valence-electron chi connectivity index (χ2n) is 5.49. The zero-order valence-electron chi connectivity index (χ0n) is 12.5. The molecule has 1 aromatic carbocycles. The SMILES string of the molecule is CC(C(=O)Nc1cc(Cl)c(Cl)cc1Cl)N(C)CC1CCCO1. The number of nitrogens with one attached hydrogen (secondary N) is 1. The highest BCUT2D eigenvalue weighted by molar-refractivity contribution is 6.44. The molecule has 2 atom stereocenters. The number of carbonyl (C=O) groups excluding carboxylic acids is 1. The molecule has 1 N–H and O–H groups in total. The van der Waals surface area contributed by atoms with Crippen molar-refractivity contribution < 1.29 is 9.53 Å². The van der Waals surface area contributed by atoms with Gasteiger partial charge in [0.2, 0.25) is 5.91 Å². The molecule has 2 rings (SSSR count). The van der Waals surface area contributed by atoms with Gasteiger partial charge in [-0.05, 0) is 38.9 Å². The summed E-state index contributed by atoms with van der Waals surface area (Å²) >= 11 is 17.9. The molecule has 1 amide bonds. The van der Waals surface area contributed by atoms with Gasteiger partial charge in [0, 0.05) is 13.2 Å². The highest BCUT2D eigenvalue weighted by atomic mass is 35.5. The Kier molecular flexibility index (Phi) is 6.36. The van der Waals surface area contributed by atoms with Crippen molar-refractivity contribution in [3.05, 3.63) is 27.2 Å². The number of benzene rings is 1. The molecule has 0 bridgehead atoms. The second kappa shape index (κ2) is 7.84. The standard InChI is InChI=1S/C15H19Cl3N2O2/c1-9(20(2)8-10-4-3-5-22-10)15(21)19-14-7-12(17)11(16)6-13(14)18/h6-7,9-10H,3-5,8H2,1-2H3,(H,19,21). The zero-order valence-corrected chi connectivity index (χ0v) is 14.8. The van der Waals surface area contributed by atoms with Crippen LogP contribution in [0.4, 0.5) is 5.69 Å². The number of anilines is 1. The van der Waals surface area contributed by atoms with Gasteiger partial charge < -0.3 is 10.1 Å². The van der Waals surface area contributed by atoms with Crippen molar-refractivity contribution in [2.45, 2.75) is 31.9 Å². The number of hydrogen-bond acceptors (Lipinski definition) is 3. The third-order valence-electron chi connectivity index (χ3n) is 3.82. The number of amides is 1. The van der Waals surface area contributed by atoms with E-state index in [0.717, 1.165) is 26.0 Å². The Morgan fingerprint density at radius 3 is 2.68 bits per heavy atom. The van der Waals surface area contributed by atoms with E-state index in [9.17, 15) is 4.79 Å². The molecule has 1 aliphatic heterocycles. The van der Waals surface area contributed by atoms with Crippen molar-refractivity contribution >= 4 is 46.4 Å². The first-order valence-electron chi connectivity index (χ1n) is 7.15. The molecule has 1 aliphatic rings. The molecule has 22 heavy (non-hydrogen) atoms. The fourth-order valence-electron chi connectivity index (χ4n) is 2.32. The maximum absolute atomic E-state index is 12.3. The van der Waals surface area contributed by atoms with E-state index in [-0.39, 0.29) is 18.1 Å². The molecule has 0 radical (unpaired) electrons. The largest absolute Gasteiger partial charge is 0.377 e. The number of rotatable bonds is 5. The molecule has 2 unspecified atom stereocenters. The van der Waals surface area contributed by atoms with E-state index in [0.29, 0.717) is 20.8 Å². The summed E-state index contributed by atoms with van der Waals surface area (Å²) in [5.74, 6) is -0.152. The Morgan fingerprint density at radius 1 is 1.36 bits per heavy atom. The second-order valence-corrected chi connectivity index (χ2v) is 6.71. The van der Waals surface area contributed by atoms with E-state index in [1.165, 1.54) is 6.07 Å². The predicted molar refractivity (Wildman–Crippen MR) is 91.2 cm³/mol. The summed E-state index contributed by atoms with van der Waals surface area (Å²) in [4.78, 5) is 14.3. The van der Waals surface area contributed by atoms with Crippen LogP contribution < -0.4 is 5.32 Å². The highest BCUT2D eigenvalue weighted by Crippen LogP contribution is 2.32. The van der Waals surface area contributed by atoms with Crippen molar-refractivity contribution in [3.8, 4) is 0 Å². The average molecular weight is 366 g/mol. The monoisotopic (exact) mass is 364 g/mol. The van der Waals surface area contributed by atoms with Crippen LogP contribution in [-0.4, -0.2) is 43.2 Å². The van der Waals surface area contributed by atoms with E-state index < -0.39 is 0 Å². The lowest BCUT2D eigenvalue weighted by Crippen LogP contribution is -2.43. The number of ether oxygens (including phenoxy) is 1. The Labute approximate surface area is 145 Å². The number of likely N-dealkylation sites (N-methyl/N-ethyl adjacent to an activating group) is 1. The van der Waals surface area contributed by atoms with Crippen LogP contribution in [0.5, 0.6) is 0 Å². The summed E-state index contributed by atoms with van der Waals surface area (Å²) in [6.07, 6.45) is 2.32. The van der Waals surface area contributed by atoms with Gasteiger partial charge in [-0.1, -0.05) is 34.8 Å². The van der Waals surface area contributed by atoms with Gasteiger partial charge in [-0.25, -0.2) is 0 Å². The molecule has 0 aliphatic carbocycles. The molecule has 7 heteroatoms. The number of nitrogens with zero attached hydrogens (tertiary/aromatic N) is 1. The summed E-state index contributed by atoms with van der Waals surface area (Å²) in [5, 5.41) is 3.85. The minimum Gasteiger partial charge on any atom is -0.377 e. The smallest absolute Gasteiger partial charge is 0.241 e. The minimum absolute atomic E-state index is 0.152. The Bertz CT molecular complexity index is 548. The van der Waals surface area contributed by atoms with Gasteiger partial charge in [-0.15, -0.1) is 0 Å². The highest BCUT2D eigenvalue weighted by Gasteiger charge is 2.24. The molecule has 122 valence electrons. The minimum atomic E-state index is -0.310. The van der Waals surface area contributed by atoms with E-state index >= 15 is 0 Å². The first-order chi connectivity index (χ1) is 10.4. The first kappa shape index (κ1) is 17.8. The van der Waals surface area contributed by atoms with Crippen molar-refractivity contribution in [1.82, 2.24) is 4.90 Å². The average Bonchev–Trinajstić information content (AvgIpc) is 2.96. The molecule has 1 heterocycles. The van der Waals surface area contributed by atoms with E-state index in [2.05, 4.69) is 5.32 Å². The normalized spacial score (nSPS) is 19.5. The van der Waals surface area contributed by atoms with Gasteiger partial charge in [0.25, 0.3) is 0 Å². The first-order valence-corrected chi connectivity index (χ1v) is 8.29. The topological polar surface area (TPSA) is 41.6 Å². The lowest BCUT2D eigenvalue weighted by Gasteiger charge is -2.26. The number of carbonyl (C=O) groups is 1. The van der Waals surface area contributed by atoms with Crippen molar-refractivity contribution in [3.63, 3.8) is 0 Å². The lowest BCUT2D eigenvalue weighted by atomic mass is 10.2. The van der Waals surface area contributed by atoms with Crippen molar-refractivity contribution in [2.75, 3.05) is 25.5 Å².